The van der Waals surface area contributed by atoms with E-state index in [9.17, 15) is 9.90 Å². The highest BCUT2D eigenvalue weighted by atomic mass is 16.4. The number of carboxylic acids is 1. The van der Waals surface area contributed by atoms with E-state index < -0.39 is 5.97 Å². The van der Waals surface area contributed by atoms with Crippen molar-refractivity contribution < 1.29 is 9.90 Å². The second kappa shape index (κ2) is 5.70. The number of hydrogen-bond donors (Lipinski definition) is 1. The summed E-state index contributed by atoms with van der Waals surface area (Å²) in [5, 5.41) is 10.9. The van der Waals surface area contributed by atoms with Crippen molar-refractivity contribution in [1.29, 1.82) is 0 Å². The molecule has 3 aromatic rings. The fraction of sp³-hybridized carbons (Fsp3) is 0.364. The molecule has 1 aromatic carbocycles. The first kappa shape index (κ1) is 15.6. The maximum atomic E-state index is 11.7. The minimum absolute atomic E-state index is 0.352. The number of aromatic nitrogens is 2. The van der Waals surface area contributed by atoms with E-state index in [2.05, 4.69) is 41.0 Å². The van der Waals surface area contributed by atoms with Crippen LogP contribution in [0.3, 0.4) is 0 Å². The van der Waals surface area contributed by atoms with Crippen molar-refractivity contribution in [3.63, 3.8) is 0 Å². The van der Waals surface area contributed by atoms with Crippen LogP contribution in [0.25, 0.3) is 10.9 Å². The molecule has 2 saturated carbocycles. The number of aryl methyl sites for hydroxylation is 1. The quantitative estimate of drug-likeness (QED) is 0.733. The van der Waals surface area contributed by atoms with E-state index in [-0.39, 0.29) is 0 Å². The van der Waals surface area contributed by atoms with Crippen LogP contribution >= 0.6 is 0 Å². The van der Waals surface area contributed by atoms with E-state index in [1.165, 1.54) is 29.3 Å². The van der Waals surface area contributed by atoms with E-state index in [0.717, 1.165) is 24.0 Å². The Morgan fingerprint density at radius 2 is 1.96 bits per heavy atom. The van der Waals surface area contributed by atoms with Crippen molar-refractivity contribution >= 4 is 16.9 Å². The lowest BCUT2D eigenvalue weighted by Gasteiger charge is -2.09. The number of benzene rings is 1. The lowest BCUT2D eigenvalue weighted by Crippen LogP contribution is -2.07. The Kier molecular flexibility index (Phi) is 3.42. The smallest absolute Gasteiger partial charge is 0.337 e. The molecule has 2 aliphatic rings. The Morgan fingerprint density at radius 3 is 2.65 bits per heavy atom. The van der Waals surface area contributed by atoms with Crippen molar-refractivity contribution in [2.45, 2.75) is 43.9 Å². The minimum Gasteiger partial charge on any atom is -0.478 e. The SMILES string of the molecule is Cn1cc(C2CC2)c2cc(Cc3ncc(C4CC4)cc3C(=O)O)ccc21. The van der Waals surface area contributed by atoms with Gasteiger partial charge in [-0.25, -0.2) is 4.79 Å². The second-order valence-electron chi connectivity index (χ2n) is 7.84. The third-order valence-electron chi connectivity index (χ3n) is 5.74. The highest BCUT2D eigenvalue weighted by Gasteiger charge is 2.27. The summed E-state index contributed by atoms with van der Waals surface area (Å²) in [6, 6.07) is 8.31. The molecule has 1 N–H and O–H groups in total. The molecule has 2 aliphatic carbocycles. The van der Waals surface area contributed by atoms with E-state index in [4.69, 9.17) is 0 Å². The molecule has 0 aliphatic heterocycles. The van der Waals surface area contributed by atoms with Gasteiger partial charge in [0.1, 0.15) is 0 Å². The predicted molar refractivity (Wildman–Crippen MR) is 101 cm³/mol. The van der Waals surface area contributed by atoms with Gasteiger partial charge in [0.05, 0.1) is 11.3 Å². The largest absolute Gasteiger partial charge is 0.478 e. The van der Waals surface area contributed by atoms with Crippen molar-refractivity contribution in [3.05, 3.63) is 64.6 Å². The van der Waals surface area contributed by atoms with Gasteiger partial charge in [0.2, 0.25) is 0 Å². The number of aromatic carboxylic acids is 1. The number of fused-ring (bicyclic) bond motifs is 1. The molecule has 2 aromatic heterocycles. The van der Waals surface area contributed by atoms with E-state index >= 15 is 0 Å². The van der Waals surface area contributed by atoms with Crippen LogP contribution in [0.2, 0.25) is 0 Å². The third-order valence-corrected chi connectivity index (χ3v) is 5.74. The lowest BCUT2D eigenvalue weighted by molar-refractivity contribution is 0.0695. The van der Waals surface area contributed by atoms with Gasteiger partial charge in [0.15, 0.2) is 0 Å². The molecular formula is C22H22N2O2. The number of carbonyl (C=O) groups is 1. The maximum Gasteiger partial charge on any atom is 0.337 e. The molecule has 0 radical (unpaired) electrons. The standard InChI is InChI=1S/C22H22N2O2/c1-24-12-19(15-5-6-15)17-8-13(2-7-21(17)24)9-20-18(22(25)26)10-16(11-23-20)14-3-4-14/h2,7-8,10-12,14-15H,3-6,9H2,1H3,(H,25,26). The molecular weight excluding hydrogens is 324 g/mol. The van der Waals surface area contributed by atoms with Crippen molar-refractivity contribution in [3.8, 4) is 0 Å². The highest BCUT2D eigenvalue weighted by Crippen LogP contribution is 2.44. The van der Waals surface area contributed by atoms with Crippen molar-refractivity contribution in [1.82, 2.24) is 9.55 Å². The molecule has 26 heavy (non-hydrogen) atoms. The van der Waals surface area contributed by atoms with Crippen molar-refractivity contribution in [2.24, 2.45) is 7.05 Å². The number of carboxylic acid groups (broad SMARTS) is 1. The summed E-state index contributed by atoms with van der Waals surface area (Å²) in [6.07, 6.45) is 9.52. The maximum absolute atomic E-state index is 11.7. The Balaban J connectivity index is 1.52. The first-order chi connectivity index (χ1) is 12.6. The van der Waals surface area contributed by atoms with Crippen molar-refractivity contribution in [2.75, 3.05) is 0 Å². The summed E-state index contributed by atoms with van der Waals surface area (Å²) >= 11 is 0. The summed E-state index contributed by atoms with van der Waals surface area (Å²) in [7, 11) is 2.09. The molecule has 0 amide bonds. The molecule has 5 rings (SSSR count). The van der Waals surface area contributed by atoms with Crippen LogP contribution in [0, 0.1) is 0 Å². The van der Waals surface area contributed by atoms with Gasteiger partial charge in [0, 0.05) is 36.8 Å². The molecule has 2 fully saturated rings. The first-order valence-electron chi connectivity index (χ1n) is 9.40. The molecule has 0 atom stereocenters. The van der Waals surface area contributed by atoms with Crippen LogP contribution < -0.4 is 0 Å². The zero-order chi connectivity index (χ0) is 17.8. The summed E-state index contributed by atoms with van der Waals surface area (Å²) < 4.78 is 2.19. The van der Waals surface area contributed by atoms with Crippen LogP contribution in [0.4, 0.5) is 0 Å². The fourth-order valence-electron chi connectivity index (χ4n) is 3.97. The monoisotopic (exact) mass is 346 g/mol. The second-order valence-corrected chi connectivity index (χ2v) is 7.84. The Labute approximate surface area is 152 Å². The van der Waals surface area contributed by atoms with Crippen LogP contribution in [-0.2, 0) is 13.5 Å². The average Bonchev–Trinajstić information content (AvgIpc) is 3.53. The zero-order valence-corrected chi connectivity index (χ0v) is 14.9. The van der Waals surface area contributed by atoms with Crippen LogP contribution in [0.5, 0.6) is 0 Å². The van der Waals surface area contributed by atoms with Crippen LogP contribution in [0.15, 0.2) is 36.7 Å². The third kappa shape index (κ3) is 2.70. The van der Waals surface area contributed by atoms with Gasteiger partial charge in [-0.05, 0) is 72.4 Å². The summed E-state index contributed by atoms with van der Waals surface area (Å²) in [4.78, 5) is 16.3. The number of hydrogen-bond acceptors (Lipinski definition) is 2. The molecule has 2 heterocycles. The first-order valence-corrected chi connectivity index (χ1v) is 9.40. The van der Waals surface area contributed by atoms with Gasteiger partial charge in [-0.3, -0.25) is 4.98 Å². The summed E-state index contributed by atoms with van der Waals surface area (Å²) in [5.41, 5.74) is 5.88. The van der Waals surface area contributed by atoms with Crippen LogP contribution in [0.1, 0.15) is 70.3 Å². The normalized spacial score (nSPS) is 17.0. The van der Waals surface area contributed by atoms with E-state index in [1.807, 2.05) is 12.3 Å². The molecule has 132 valence electrons. The predicted octanol–water partition coefficient (Wildman–Crippen LogP) is 4.62. The summed E-state index contributed by atoms with van der Waals surface area (Å²) in [6.45, 7) is 0. The number of pyridine rings is 1. The Hall–Kier alpha value is -2.62. The van der Waals surface area contributed by atoms with Gasteiger partial charge >= 0.3 is 5.97 Å². The van der Waals surface area contributed by atoms with Crippen LogP contribution in [-0.4, -0.2) is 20.6 Å². The highest BCUT2D eigenvalue weighted by molar-refractivity contribution is 5.89. The van der Waals surface area contributed by atoms with Gasteiger partial charge in [-0.1, -0.05) is 6.07 Å². The lowest BCUT2D eigenvalue weighted by atomic mass is 10.00. The van der Waals surface area contributed by atoms with E-state index in [1.54, 1.807) is 0 Å². The van der Waals surface area contributed by atoms with Gasteiger partial charge in [-0.15, -0.1) is 0 Å². The van der Waals surface area contributed by atoms with E-state index in [0.29, 0.717) is 29.5 Å². The minimum atomic E-state index is -0.880. The molecule has 4 nitrogen and oxygen atoms in total. The molecule has 0 unspecified atom stereocenters. The average molecular weight is 346 g/mol. The molecule has 0 saturated heterocycles. The zero-order valence-electron chi connectivity index (χ0n) is 14.9. The van der Waals surface area contributed by atoms with Gasteiger partial charge in [-0.2, -0.15) is 0 Å². The summed E-state index contributed by atoms with van der Waals surface area (Å²) in [5.74, 6) is 0.324. The number of rotatable bonds is 5. The topological polar surface area (TPSA) is 55.1 Å². The van der Waals surface area contributed by atoms with Gasteiger partial charge < -0.3 is 9.67 Å². The molecule has 0 bridgehead atoms. The Morgan fingerprint density at radius 1 is 1.19 bits per heavy atom. The van der Waals surface area contributed by atoms with Gasteiger partial charge in [0.25, 0.3) is 0 Å². The molecule has 4 heteroatoms. The number of nitrogens with zero attached hydrogens (tertiary/aromatic N) is 2. The Bertz CT molecular complexity index is 1030. The molecule has 0 spiro atoms. The fourth-order valence-corrected chi connectivity index (χ4v) is 3.97.